The molecule has 1 aliphatic carbocycles. The zero-order chi connectivity index (χ0) is 14.0. The van der Waals surface area contributed by atoms with E-state index in [4.69, 9.17) is 5.73 Å². The molecular weight excluding hydrogens is 250 g/mol. The van der Waals surface area contributed by atoms with Gasteiger partial charge in [0.05, 0.1) is 0 Å². The molecule has 1 amide bonds. The zero-order valence-electron chi connectivity index (χ0n) is 10.9. The van der Waals surface area contributed by atoms with E-state index < -0.39 is 23.1 Å². The van der Waals surface area contributed by atoms with Crippen molar-refractivity contribution in [2.24, 2.45) is 5.73 Å². The van der Waals surface area contributed by atoms with E-state index in [1.54, 1.807) is 0 Å². The van der Waals surface area contributed by atoms with Gasteiger partial charge < -0.3 is 11.1 Å². The van der Waals surface area contributed by atoms with Gasteiger partial charge in [0.2, 0.25) is 0 Å². The standard InChI is InChI=1S/C14H18F2N2O/c1-8-2-7-11(15)12(13(8)16)14(19)18-10-5-3-9(17)4-6-10/h2,7,9-10H,3-6,17H2,1H3,(H,18,19). The first-order valence-corrected chi connectivity index (χ1v) is 6.50. The molecule has 0 heterocycles. The predicted molar refractivity (Wildman–Crippen MR) is 68.8 cm³/mol. The van der Waals surface area contributed by atoms with E-state index in [9.17, 15) is 13.6 Å². The molecule has 0 aromatic heterocycles. The van der Waals surface area contributed by atoms with Crippen molar-refractivity contribution in [3.05, 3.63) is 34.9 Å². The largest absolute Gasteiger partial charge is 0.349 e. The lowest BCUT2D eigenvalue weighted by Gasteiger charge is -2.26. The smallest absolute Gasteiger partial charge is 0.257 e. The summed E-state index contributed by atoms with van der Waals surface area (Å²) in [5.74, 6) is -2.29. The molecule has 0 saturated heterocycles. The lowest BCUT2D eigenvalue weighted by atomic mass is 9.91. The first-order valence-electron chi connectivity index (χ1n) is 6.50. The SMILES string of the molecule is Cc1ccc(F)c(C(=O)NC2CCC(N)CC2)c1F. The third-order valence-corrected chi connectivity index (χ3v) is 3.62. The fourth-order valence-corrected chi connectivity index (χ4v) is 2.39. The first kappa shape index (κ1) is 13.9. The highest BCUT2D eigenvalue weighted by Crippen LogP contribution is 2.20. The van der Waals surface area contributed by atoms with Crippen LogP contribution in [0.1, 0.15) is 41.6 Å². The highest BCUT2D eigenvalue weighted by molar-refractivity contribution is 5.95. The Bertz CT molecular complexity index is 483. The lowest BCUT2D eigenvalue weighted by molar-refractivity contribution is 0.0917. The number of hydrogen-bond donors (Lipinski definition) is 2. The fourth-order valence-electron chi connectivity index (χ4n) is 2.39. The molecule has 0 aliphatic heterocycles. The van der Waals surface area contributed by atoms with Gasteiger partial charge in [-0.05, 0) is 44.2 Å². The van der Waals surface area contributed by atoms with Gasteiger partial charge in [-0.2, -0.15) is 0 Å². The van der Waals surface area contributed by atoms with Gasteiger partial charge >= 0.3 is 0 Å². The fraction of sp³-hybridized carbons (Fsp3) is 0.500. The van der Waals surface area contributed by atoms with Crippen molar-refractivity contribution in [1.29, 1.82) is 0 Å². The molecule has 104 valence electrons. The number of benzene rings is 1. The van der Waals surface area contributed by atoms with Gasteiger partial charge in [-0.3, -0.25) is 4.79 Å². The number of halogens is 2. The Morgan fingerprint density at radius 1 is 1.26 bits per heavy atom. The van der Waals surface area contributed by atoms with E-state index in [2.05, 4.69) is 5.32 Å². The molecule has 5 heteroatoms. The van der Waals surface area contributed by atoms with Crippen LogP contribution in [0.25, 0.3) is 0 Å². The molecule has 0 radical (unpaired) electrons. The Hall–Kier alpha value is -1.49. The van der Waals surface area contributed by atoms with Crippen LogP contribution in [0.2, 0.25) is 0 Å². The molecule has 1 saturated carbocycles. The monoisotopic (exact) mass is 268 g/mol. The molecule has 2 rings (SSSR count). The average molecular weight is 268 g/mol. The van der Waals surface area contributed by atoms with Crippen LogP contribution in [-0.4, -0.2) is 18.0 Å². The van der Waals surface area contributed by atoms with Crippen LogP contribution in [0.5, 0.6) is 0 Å². The van der Waals surface area contributed by atoms with Gasteiger partial charge in [0.15, 0.2) is 0 Å². The van der Waals surface area contributed by atoms with Crippen LogP contribution < -0.4 is 11.1 Å². The Morgan fingerprint density at radius 2 is 1.89 bits per heavy atom. The van der Waals surface area contributed by atoms with E-state index in [1.807, 2.05) is 0 Å². The Labute approximate surface area is 111 Å². The summed E-state index contributed by atoms with van der Waals surface area (Å²) in [6.45, 7) is 1.51. The number of hydrogen-bond acceptors (Lipinski definition) is 2. The summed E-state index contributed by atoms with van der Waals surface area (Å²) in [7, 11) is 0. The highest BCUT2D eigenvalue weighted by atomic mass is 19.1. The molecule has 1 fully saturated rings. The van der Waals surface area contributed by atoms with Crippen molar-refractivity contribution in [3.8, 4) is 0 Å². The van der Waals surface area contributed by atoms with E-state index in [0.29, 0.717) is 0 Å². The van der Waals surface area contributed by atoms with Gasteiger partial charge in [0.25, 0.3) is 5.91 Å². The van der Waals surface area contributed by atoms with E-state index >= 15 is 0 Å². The Balaban J connectivity index is 2.10. The summed E-state index contributed by atoms with van der Waals surface area (Å²) in [5.41, 5.74) is 5.54. The van der Waals surface area contributed by atoms with Crippen LogP contribution in [0.4, 0.5) is 8.78 Å². The first-order chi connectivity index (χ1) is 8.99. The van der Waals surface area contributed by atoms with Crippen molar-refractivity contribution in [3.63, 3.8) is 0 Å². The topological polar surface area (TPSA) is 55.1 Å². The van der Waals surface area contributed by atoms with Crippen LogP contribution in [0.15, 0.2) is 12.1 Å². The number of aryl methyl sites for hydroxylation is 1. The molecule has 3 nitrogen and oxygen atoms in total. The van der Waals surface area contributed by atoms with Gasteiger partial charge in [0, 0.05) is 12.1 Å². The zero-order valence-corrected chi connectivity index (χ0v) is 10.9. The summed E-state index contributed by atoms with van der Waals surface area (Å²) >= 11 is 0. The lowest BCUT2D eigenvalue weighted by Crippen LogP contribution is -2.41. The van der Waals surface area contributed by atoms with Gasteiger partial charge in [0.1, 0.15) is 17.2 Å². The maximum absolute atomic E-state index is 13.8. The average Bonchev–Trinajstić information content (AvgIpc) is 2.37. The van der Waals surface area contributed by atoms with Crippen LogP contribution in [0, 0.1) is 18.6 Å². The molecule has 0 unspecified atom stereocenters. The van der Waals surface area contributed by atoms with Crippen LogP contribution >= 0.6 is 0 Å². The second kappa shape index (κ2) is 5.65. The molecule has 1 aromatic carbocycles. The minimum Gasteiger partial charge on any atom is -0.349 e. The number of rotatable bonds is 2. The van der Waals surface area contributed by atoms with E-state index in [1.165, 1.54) is 13.0 Å². The molecule has 3 N–H and O–H groups in total. The molecule has 0 atom stereocenters. The molecular formula is C14H18F2N2O. The number of carbonyl (C=O) groups excluding carboxylic acids is 1. The summed E-state index contributed by atoms with van der Waals surface area (Å²) in [6, 6.07) is 2.55. The van der Waals surface area contributed by atoms with E-state index in [-0.39, 0.29) is 17.6 Å². The summed E-state index contributed by atoms with van der Waals surface area (Å²) < 4.78 is 27.4. The molecule has 1 aromatic rings. The minimum absolute atomic E-state index is 0.0494. The summed E-state index contributed by atoms with van der Waals surface area (Å²) in [5, 5.41) is 2.69. The third kappa shape index (κ3) is 3.10. The summed E-state index contributed by atoms with van der Waals surface area (Å²) in [6.07, 6.45) is 3.15. The second-order valence-electron chi connectivity index (χ2n) is 5.14. The summed E-state index contributed by atoms with van der Waals surface area (Å²) in [4.78, 5) is 12.0. The molecule has 19 heavy (non-hydrogen) atoms. The minimum atomic E-state index is -0.826. The molecule has 1 aliphatic rings. The quantitative estimate of drug-likeness (QED) is 0.864. The van der Waals surface area contributed by atoms with Crippen molar-refractivity contribution in [2.45, 2.75) is 44.7 Å². The Kier molecular flexibility index (Phi) is 4.14. The normalized spacial score (nSPS) is 23.2. The van der Waals surface area contributed by atoms with Crippen molar-refractivity contribution in [2.75, 3.05) is 0 Å². The number of nitrogens with two attached hydrogens (primary N) is 1. The third-order valence-electron chi connectivity index (χ3n) is 3.62. The number of nitrogens with one attached hydrogen (secondary N) is 1. The van der Waals surface area contributed by atoms with Gasteiger partial charge in [-0.1, -0.05) is 6.07 Å². The van der Waals surface area contributed by atoms with Gasteiger partial charge in [-0.15, -0.1) is 0 Å². The number of carbonyl (C=O) groups is 1. The van der Waals surface area contributed by atoms with Gasteiger partial charge in [-0.25, -0.2) is 8.78 Å². The van der Waals surface area contributed by atoms with Crippen molar-refractivity contribution < 1.29 is 13.6 Å². The van der Waals surface area contributed by atoms with E-state index in [0.717, 1.165) is 31.7 Å². The second-order valence-corrected chi connectivity index (χ2v) is 5.14. The molecule has 0 bridgehead atoms. The highest BCUT2D eigenvalue weighted by Gasteiger charge is 2.24. The Morgan fingerprint density at radius 3 is 2.53 bits per heavy atom. The van der Waals surface area contributed by atoms with Crippen LogP contribution in [0.3, 0.4) is 0 Å². The van der Waals surface area contributed by atoms with Crippen molar-refractivity contribution >= 4 is 5.91 Å². The van der Waals surface area contributed by atoms with Crippen LogP contribution in [-0.2, 0) is 0 Å². The molecule has 0 spiro atoms. The maximum Gasteiger partial charge on any atom is 0.257 e. The maximum atomic E-state index is 13.8. The van der Waals surface area contributed by atoms with Crippen molar-refractivity contribution in [1.82, 2.24) is 5.32 Å². The predicted octanol–water partition coefficient (Wildman–Crippen LogP) is 2.27. The number of amides is 1.